The van der Waals surface area contributed by atoms with Gasteiger partial charge in [0.1, 0.15) is 10.6 Å². The van der Waals surface area contributed by atoms with Gasteiger partial charge in [-0.25, -0.2) is 8.42 Å². The van der Waals surface area contributed by atoms with Crippen LogP contribution in [0.1, 0.15) is 24.8 Å². The summed E-state index contributed by atoms with van der Waals surface area (Å²) in [6, 6.07) is 5.30. The van der Waals surface area contributed by atoms with Gasteiger partial charge in [-0.15, -0.1) is 0 Å². The summed E-state index contributed by atoms with van der Waals surface area (Å²) in [6.45, 7) is 6.49. The monoisotopic (exact) mass is 368 g/mol. The zero-order chi connectivity index (χ0) is 17.9. The lowest BCUT2D eigenvalue weighted by atomic mass is 10.0. The summed E-state index contributed by atoms with van der Waals surface area (Å²) in [5.41, 5.74) is 0.985. The molecule has 0 aromatic heterocycles. The van der Waals surface area contributed by atoms with Crippen LogP contribution in [0.25, 0.3) is 0 Å². The van der Waals surface area contributed by atoms with E-state index in [1.165, 1.54) is 7.11 Å². The van der Waals surface area contributed by atoms with Crippen molar-refractivity contribution >= 4 is 10.0 Å². The Labute approximate surface area is 150 Å². The summed E-state index contributed by atoms with van der Waals surface area (Å²) in [5, 5.41) is 0. The van der Waals surface area contributed by atoms with Crippen LogP contribution < -0.4 is 4.74 Å². The second-order valence-electron chi connectivity index (χ2n) is 6.83. The maximum atomic E-state index is 13.3. The lowest BCUT2D eigenvalue weighted by Crippen LogP contribution is -2.51. The minimum atomic E-state index is -3.57. The van der Waals surface area contributed by atoms with Gasteiger partial charge in [0.15, 0.2) is 0 Å². The summed E-state index contributed by atoms with van der Waals surface area (Å²) in [5.74, 6) is 0.427. The smallest absolute Gasteiger partial charge is 0.247 e. The molecule has 2 heterocycles. The molecular formula is C18H28N2O4S. The van der Waals surface area contributed by atoms with Gasteiger partial charge in [0.2, 0.25) is 10.0 Å². The predicted octanol–water partition coefficient (Wildman–Crippen LogP) is 1.88. The summed E-state index contributed by atoms with van der Waals surface area (Å²) < 4.78 is 39.1. The minimum absolute atomic E-state index is 0.0165. The third-order valence-electron chi connectivity index (χ3n) is 5.05. The summed E-state index contributed by atoms with van der Waals surface area (Å²) >= 11 is 0. The van der Waals surface area contributed by atoms with Gasteiger partial charge in [-0.2, -0.15) is 4.31 Å². The van der Waals surface area contributed by atoms with Crippen LogP contribution in [0.15, 0.2) is 23.1 Å². The summed E-state index contributed by atoms with van der Waals surface area (Å²) in [7, 11) is -2.05. The van der Waals surface area contributed by atoms with E-state index in [4.69, 9.17) is 9.47 Å². The van der Waals surface area contributed by atoms with Gasteiger partial charge < -0.3 is 9.47 Å². The molecule has 0 spiro atoms. The lowest BCUT2D eigenvalue weighted by Gasteiger charge is -2.38. The van der Waals surface area contributed by atoms with Crippen molar-refractivity contribution in [2.75, 3.05) is 46.5 Å². The molecule has 6 nitrogen and oxygen atoms in total. The van der Waals surface area contributed by atoms with Crippen molar-refractivity contribution in [3.05, 3.63) is 23.8 Å². The van der Waals surface area contributed by atoms with Crippen LogP contribution in [0.4, 0.5) is 0 Å². The number of rotatable bonds is 5. The molecule has 3 rings (SSSR count). The zero-order valence-corrected chi connectivity index (χ0v) is 15.9. The van der Waals surface area contributed by atoms with Crippen molar-refractivity contribution in [2.24, 2.45) is 0 Å². The van der Waals surface area contributed by atoms with Crippen molar-refractivity contribution in [3.8, 4) is 5.75 Å². The van der Waals surface area contributed by atoms with Crippen LogP contribution >= 0.6 is 0 Å². The van der Waals surface area contributed by atoms with Crippen LogP contribution in [0, 0.1) is 6.92 Å². The predicted molar refractivity (Wildman–Crippen MR) is 96.5 cm³/mol. The Balaban J connectivity index is 1.85. The molecule has 0 unspecified atom stereocenters. The molecule has 0 saturated carbocycles. The van der Waals surface area contributed by atoms with Crippen molar-refractivity contribution in [1.29, 1.82) is 0 Å². The van der Waals surface area contributed by atoms with Crippen molar-refractivity contribution in [1.82, 2.24) is 9.21 Å². The Hall–Kier alpha value is -1.15. The summed E-state index contributed by atoms with van der Waals surface area (Å²) in [6.07, 6.45) is 2.89. The van der Waals surface area contributed by atoms with Crippen molar-refractivity contribution in [2.45, 2.75) is 37.1 Å². The zero-order valence-electron chi connectivity index (χ0n) is 15.1. The maximum absolute atomic E-state index is 13.3. The standard InChI is InChI=1S/C18H28N2O4S/c1-15-6-7-18(17(13-15)23-2)25(21,22)20-8-4-3-5-16(20)14-19-9-11-24-12-10-19/h6-7,13,16H,3-5,8-12,14H2,1-2H3/t16-/m0/s1. The van der Waals surface area contributed by atoms with E-state index in [0.29, 0.717) is 12.3 Å². The Morgan fingerprint density at radius 3 is 2.68 bits per heavy atom. The van der Waals surface area contributed by atoms with Gasteiger partial charge in [-0.1, -0.05) is 12.5 Å². The van der Waals surface area contributed by atoms with E-state index < -0.39 is 10.0 Å². The van der Waals surface area contributed by atoms with E-state index in [-0.39, 0.29) is 10.9 Å². The molecule has 0 amide bonds. The molecule has 1 aromatic rings. The quantitative estimate of drug-likeness (QED) is 0.794. The van der Waals surface area contributed by atoms with E-state index in [2.05, 4.69) is 4.90 Å². The average Bonchev–Trinajstić information content (AvgIpc) is 2.62. The first-order valence-electron chi connectivity index (χ1n) is 8.99. The lowest BCUT2D eigenvalue weighted by molar-refractivity contribution is 0.0262. The van der Waals surface area contributed by atoms with Crippen LogP contribution in [0.2, 0.25) is 0 Å². The van der Waals surface area contributed by atoms with Gasteiger partial charge in [0.25, 0.3) is 0 Å². The number of hydrogen-bond acceptors (Lipinski definition) is 5. The third-order valence-corrected chi connectivity index (χ3v) is 7.04. The SMILES string of the molecule is COc1cc(C)ccc1S(=O)(=O)N1CCCC[C@H]1CN1CCOCC1. The Morgan fingerprint density at radius 2 is 1.96 bits per heavy atom. The van der Waals surface area contributed by atoms with Crippen molar-refractivity contribution in [3.63, 3.8) is 0 Å². The fourth-order valence-electron chi connectivity index (χ4n) is 3.67. The molecular weight excluding hydrogens is 340 g/mol. The van der Waals surface area contributed by atoms with Crippen LogP contribution in [0.5, 0.6) is 5.75 Å². The molecule has 25 heavy (non-hydrogen) atoms. The first kappa shape index (κ1) is 18.6. The van der Waals surface area contributed by atoms with Crippen molar-refractivity contribution < 1.29 is 17.9 Å². The number of piperidine rings is 1. The fourth-order valence-corrected chi connectivity index (χ4v) is 5.49. The first-order chi connectivity index (χ1) is 12.0. The molecule has 0 radical (unpaired) electrons. The number of benzene rings is 1. The molecule has 2 fully saturated rings. The molecule has 0 bridgehead atoms. The van der Waals surface area contributed by atoms with Gasteiger partial charge in [0.05, 0.1) is 20.3 Å². The molecule has 2 aliphatic heterocycles. The second-order valence-corrected chi connectivity index (χ2v) is 8.69. The number of ether oxygens (including phenoxy) is 2. The summed E-state index contributed by atoms with van der Waals surface area (Å²) in [4.78, 5) is 2.59. The molecule has 1 atom stereocenters. The van der Waals surface area contributed by atoms with Gasteiger partial charge in [-0.3, -0.25) is 4.90 Å². The number of aryl methyl sites for hydroxylation is 1. The normalized spacial score (nSPS) is 23.5. The molecule has 2 aliphatic rings. The van der Waals surface area contributed by atoms with E-state index in [0.717, 1.165) is 57.7 Å². The van der Waals surface area contributed by atoms with Crippen LogP contribution in [-0.2, 0) is 14.8 Å². The average molecular weight is 368 g/mol. The van der Waals surface area contributed by atoms with E-state index in [1.807, 2.05) is 13.0 Å². The largest absolute Gasteiger partial charge is 0.495 e. The van der Waals surface area contributed by atoms with Crippen LogP contribution in [0.3, 0.4) is 0 Å². The number of sulfonamides is 1. The number of morpholine rings is 1. The molecule has 0 aliphatic carbocycles. The van der Waals surface area contributed by atoms with Gasteiger partial charge in [0, 0.05) is 32.2 Å². The molecule has 7 heteroatoms. The number of hydrogen-bond donors (Lipinski definition) is 0. The highest BCUT2D eigenvalue weighted by molar-refractivity contribution is 7.89. The highest BCUT2D eigenvalue weighted by Gasteiger charge is 2.36. The van der Waals surface area contributed by atoms with Gasteiger partial charge in [-0.05, 0) is 37.5 Å². The van der Waals surface area contributed by atoms with Gasteiger partial charge >= 0.3 is 0 Å². The molecule has 1 aromatic carbocycles. The highest BCUT2D eigenvalue weighted by Crippen LogP contribution is 2.32. The van der Waals surface area contributed by atoms with E-state index in [1.54, 1.807) is 16.4 Å². The topological polar surface area (TPSA) is 59.1 Å². The number of nitrogens with zero attached hydrogens (tertiary/aromatic N) is 2. The van der Waals surface area contributed by atoms with Crippen LogP contribution in [-0.4, -0.2) is 70.2 Å². The first-order valence-corrected chi connectivity index (χ1v) is 10.4. The minimum Gasteiger partial charge on any atom is -0.495 e. The second kappa shape index (κ2) is 8.03. The fraction of sp³-hybridized carbons (Fsp3) is 0.667. The van der Waals surface area contributed by atoms with E-state index >= 15 is 0 Å². The Kier molecular flexibility index (Phi) is 5.99. The molecule has 140 valence electrons. The van der Waals surface area contributed by atoms with E-state index in [9.17, 15) is 8.42 Å². The number of methoxy groups -OCH3 is 1. The molecule has 2 saturated heterocycles. The maximum Gasteiger partial charge on any atom is 0.247 e. The highest BCUT2D eigenvalue weighted by atomic mass is 32.2. The molecule has 0 N–H and O–H groups in total. The Morgan fingerprint density at radius 1 is 1.20 bits per heavy atom. The third kappa shape index (κ3) is 4.16. The Bertz CT molecular complexity index is 686.